The van der Waals surface area contributed by atoms with Crippen LogP contribution in [0.15, 0.2) is 6.07 Å². The highest BCUT2D eigenvalue weighted by Gasteiger charge is 2.08. The Morgan fingerprint density at radius 1 is 1.20 bits per heavy atom. The number of nitrogens with zero attached hydrogens (tertiary/aromatic N) is 2. The number of pyridine rings is 1. The Labute approximate surface area is 131 Å². The quantitative estimate of drug-likeness (QED) is 0.712. The Kier molecular flexibility index (Phi) is 7.41. The van der Waals surface area contributed by atoms with Crippen molar-refractivity contribution >= 4 is 34.8 Å². The molecule has 20 heavy (non-hydrogen) atoms. The molecule has 1 rings (SSSR count). The fourth-order valence-electron chi connectivity index (χ4n) is 1.72. The molecule has 0 saturated carbocycles. The van der Waals surface area contributed by atoms with Crippen molar-refractivity contribution < 1.29 is 0 Å². The standard InChI is InChI=1S/C14H24Cl2N4/c1-10(2)20(4)8-6-5-7-18-14-12(16)9-11(15)13(17-3)19-14/h9-10H,5-8H2,1-4H3,(H2,17,18,19). The molecule has 0 bridgehead atoms. The number of aromatic nitrogens is 1. The van der Waals surface area contributed by atoms with Crippen LogP contribution in [0.1, 0.15) is 26.7 Å². The summed E-state index contributed by atoms with van der Waals surface area (Å²) in [6.45, 7) is 6.36. The smallest absolute Gasteiger partial charge is 0.147 e. The molecule has 0 fully saturated rings. The van der Waals surface area contributed by atoms with Crippen LogP contribution in [0.3, 0.4) is 0 Å². The first-order valence-electron chi connectivity index (χ1n) is 6.93. The van der Waals surface area contributed by atoms with E-state index in [1.165, 1.54) is 0 Å². The highest BCUT2D eigenvalue weighted by atomic mass is 35.5. The van der Waals surface area contributed by atoms with Crippen molar-refractivity contribution in [2.24, 2.45) is 0 Å². The van der Waals surface area contributed by atoms with E-state index < -0.39 is 0 Å². The van der Waals surface area contributed by atoms with Crippen molar-refractivity contribution in [3.63, 3.8) is 0 Å². The Morgan fingerprint density at radius 2 is 1.85 bits per heavy atom. The van der Waals surface area contributed by atoms with E-state index in [4.69, 9.17) is 23.2 Å². The first-order valence-corrected chi connectivity index (χ1v) is 7.69. The van der Waals surface area contributed by atoms with E-state index in [0.717, 1.165) is 25.9 Å². The molecule has 1 aromatic rings. The van der Waals surface area contributed by atoms with Crippen molar-refractivity contribution in [2.75, 3.05) is 37.8 Å². The molecule has 1 heterocycles. The summed E-state index contributed by atoms with van der Waals surface area (Å²) >= 11 is 12.1. The fraction of sp³-hybridized carbons (Fsp3) is 0.643. The second-order valence-electron chi connectivity index (χ2n) is 5.11. The second kappa shape index (κ2) is 8.55. The van der Waals surface area contributed by atoms with Crippen LogP contribution in [0, 0.1) is 0 Å². The van der Waals surface area contributed by atoms with Crippen LogP contribution in [-0.2, 0) is 0 Å². The van der Waals surface area contributed by atoms with Crippen molar-refractivity contribution in [1.29, 1.82) is 0 Å². The van der Waals surface area contributed by atoms with Gasteiger partial charge in [-0.25, -0.2) is 4.98 Å². The molecule has 114 valence electrons. The van der Waals surface area contributed by atoms with E-state index >= 15 is 0 Å². The molecule has 0 unspecified atom stereocenters. The molecular formula is C14H24Cl2N4. The van der Waals surface area contributed by atoms with Gasteiger partial charge in [0.2, 0.25) is 0 Å². The molecule has 0 amide bonds. The number of nitrogens with one attached hydrogen (secondary N) is 2. The highest BCUT2D eigenvalue weighted by molar-refractivity contribution is 6.37. The van der Waals surface area contributed by atoms with Gasteiger partial charge in [0.1, 0.15) is 11.6 Å². The third-order valence-corrected chi connectivity index (χ3v) is 3.85. The summed E-state index contributed by atoms with van der Waals surface area (Å²) in [7, 11) is 3.93. The third-order valence-electron chi connectivity index (χ3n) is 3.28. The zero-order chi connectivity index (χ0) is 15.1. The average Bonchev–Trinajstić information content (AvgIpc) is 2.40. The van der Waals surface area contributed by atoms with Crippen LogP contribution >= 0.6 is 23.2 Å². The molecule has 4 nitrogen and oxygen atoms in total. The van der Waals surface area contributed by atoms with Gasteiger partial charge >= 0.3 is 0 Å². The summed E-state index contributed by atoms with van der Waals surface area (Å²) in [6.07, 6.45) is 2.22. The lowest BCUT2D eigenvalue weighted by Gasteiger charge is -2.20. The maximum absolute atomic E-state index is 6.12. The van der Waals surface area contributed by atoms with E-state index in [-0.39, 0.29) is 0 Å². The van der Waals surface area contributed by atoms with E-state index in [0.29, 0.717) is 27.7 Å². The summed E-state index contributed by atoms with van der Waals surface area (Å²) in [5.41, 5.74) is 0. The van der Waals surface area contributed by atoms with Crippen molar-refractivity contribution in [3.8, 4) is 0 Å². The summed E-state index contributed by atoms with van der Waals surface area (Å²) in [5.74, 6) is 1.32. The number of hydrogen-bond donors (Lipinski definition) is 2. The number of rotatable bonds is 8. The lowest BCUT2D eigenvalue weighted by Crippen LogP contribution is -2.27. The van der Waals surface area contributed by atoms with E-state index in [9.17, 15) is 0 Å². The SMILES string of the molecule is CNc1nc(NCCCCN(C)C(C)C)c(Cl)cc1Cl. The zero-order valence-electron chi connectivity index (χ0n) is 12.6. The molecule has 6 heteroatoms. The van der Waals surface area contributed by atoms with Crippen LogP contribution in [0.2, 0.25) is 10.0 Å². The maximum Gasteiger partial charge on any atom is 0.147 e. The number of halogens is 2. The minimum atomic E-state index is 0.529. The van der Waals surface area contributed by atoms with Crippen molar-refractivity contribution in [3.05, 3.63) is 16.1 Å². The van der Waals surface area contributed by atoms with Gasteiger partial charge in [-0.1, -0.05) is 23.2 Å². The topological polar surface area (TPSA) is 40.2 Å². The number of unbranched alkanes of at least 4 members (excludes halogenated alkanes) is 1. The Hall–Kier alpha value is -0.710. The molecule has 0 aliphatic rings. The van der Waals surface area contributed by atoms with Gasteiger partial charge in [-0.15, -0.1) is 0 Å². The molecule has 2 N–H and O–H groups in total. The summed E-state index contributed by atoms with van der Waals surface area (Å²) in [5, 5.41) is 7.28. The lowest BCUT2D eigenvalue weighted by atomic mass is 10.2. The minimum absolute atomic E-state index is 0.529. The number of anilines is 2. The van der Waals surface area contributed by atoms with Crippen molar-refractivity contribution in [2.45, 2.75) is 32.7 Å². The summed E-state index contributed by atoms with van der Waals surface area (Å²) in [6, 6.07) is 2.30. The first-order chi connectivity index (χ1) is 9.45. The molecule has 0 aliphatic carbocycles. The monoisotopic (exact) mass is 318 g/mol. The molecule has 0 atom stereocenters. The predicted molar refractivity (Wildman–Crippen MR) is 89.3 cm³/mol. The first kappa shape index (κ1) is 17.3. The van der Waals surface area contributed by atoms with Crippen molar-refractivity contribution in [1.82, 2.24) is 9.88 Å². The fourth-order valence-corrected chi connectivity index (χ4v) is 2.24. The minimum Gasteiger partial charge on any atom is -0.372 e. The molecule has 1 aromatic heterocycles. The van der Waals surface area contributed by atoms with E-state index in [1.807, 2.05) is 0 Å². The van der Waals surface area contributed by atoms with Gasteiger partial charge in [0.15, 0.2) is 0 Å². The van der Waals surface area contributed by atoms with Gasteiger partial charge in [0.25, 0.3) is 0 Å². The van der Waals surface area contributed by atoms with Crippen LogP contribution in [0.4, 0.5) is 11.6 Å². The maximum atomic E-state index is 6.12. The second-order valence-corrected chi connectivity index (χ2v) is 5.92. The van der Waals surface area contributed by atoms with E-state index in [2.05, 4.69) is 41.4 Å². The summed E-state index contributed by atoms with van der Waals surface area (Å²) in [4.78, 5) is 6.69. The van der Waals surface area contributed by atoms with Gasteiger partial charge in [-0.3, -0.25) is 0 Å². The average molecular weight is 319 g/mol. The van der Waals surface area contributed by atoms with Crippen LogP contribution in [0.25, 0.3) is 0 Å². The van der Waals surface area contributed by atoms with Gasteiger partial charge in [0, 0.05) is 19.6 Å². The molecule has 0 spiro atoms. The molecule has 0 radical (unpaired) electrons. The Morgan fingerprint density at radius 3 is 2.45 bits per heavy atom. The van der Waals surface area contributed by atoms with Crippen LogP contribution in [0.5, 0.6) is 0 Å². The Bertz CT molecular complexity index is 424. The van der Waals surface area contributed by atoms with E-state index in [1.54, 1.807) is 13.1 Å². The Balaban J connectivity index is 2.39. The lowest BCUT2D eigenvalue weighted by molar-refractivity contribution is 0.269. The summed E-state index contributed by atoms with van der Waals surface area (Å²) < 4.78 is 0. The van der Waals surface area contributed by atoms with Gasteiger partial charge < -0.3 is 15.5 Å². The highest BCUT2D eigenvalue weighted by Crippen LogP contribution is 2.28. The molecular weight excluding hydrogens is 295 g/mol. The normalized spacial score (nSPS) is 11.2. The molecule has 0 aliphatic heterocycles. The van der Waals surface area contributed by atoms with Gasteiger partial charge in [-0.2, -0.15) is 0 Å². The number of hydrogen-bond acceptors (Lipinski definition) is 4. The van der Waals surface area contributed by atoms with Crippen LogP contribution < -0.4 is 10.6 Å². The zero-order valence-corrected chi connectivity index (χ0v) is 14.1. The predicted octanol–water partition coefficient (Wildman–Crippen LogP) is 3.96. The van der Waals surface area contributed by atoms with Crippen LogP contribution in [-0.4, -0.2) is 43.1 Å². The largest absolute Gasteiger partial charge is 0.372 e. The van der Waals surface area contributed by atoms with Gasteiger partial charge in [0.05, 0.1) is 10.0 Å². The van der Waals surface area contributed by atoms with Gasteiger partial charge in [-0.05, 0) is 46.3 Å². The molecule has 0 aromatic carbocycles. The third kappa shape index (κ3) is 5.35. The molecule has 0 saturated heterocycles.